The lowest BCUT2D eigenvalue weighted by Crippen LogP contribution is -2.18. The van der Waals surface area contributed by atoms with Crippen LogP contribution in [-0.4, -0.2) is 0 Å². The molecule has 8 aromatic carbocycles. The minimum atomic E-state index is -0.131. The van der Waals surface area contributed by atoms with Gasteiger partial charge in [0.2, 0.25) is 0 Å². The monoisotopic (exact) mass is 695 g/mol. The van der Waals surface area contributed by atoms with Gasteiger partial charge in [-0.3, -0.25) is 0 Å². The van der Waals surface area contributed by atoms with E-state index < -0.39 is 0 Å². The van der Waals surface area contributed by atoms with Gasteiger partial charge in [-0.15, -0.1) is 0 Å². The molecule has 0 saturated heterocycles. The van der Waals surface area contributed by atoms with E-state index in [0.717, 1.165) is 50.5 Å². The normalized spacial score (nSPS) is 14.2. The van der Waals surface area contributed by atoms with Crippen LogP contribution in [0.2, 0.25) is 0 Å². The molecule has 0 aliphatic heterocycles. The molecule has 2 aliphatic carbocycles. The Morgan fingerprint density at radius 2 is 0.833 bits per heavy atom. The van der Waals surface area contributed by atoms with Gasteiger partial charge in [-0.1, -0.05) is 161 Å². The molecule has 0 saturated carbocycles. The number of anilines is 3. The van der Waals surface area contributed by atoms with Crippen LogP contribution >= 0.6 is 0 Å². The third-order valence-corrected chi connectivity index (χ3v) is 11.9. The summed E-state index contributed by atoms with van der Waals surface area (Å²) >= 11 is 0. The molecule has 0 fully saturated rings. The fourth-order valence-corrected chi connectivity index (χ4v) is 9.17. The fraction of sp³-hybridized carbons (Fsp3) is 0.115. The van der Waals surface area contributed by atoms with Crippen molar-refractivity contribution in [3.05, 3.63) is 198 Å². The second kappa shape index (κ2) is 12.1. The second-order valence-corrected chi connectivity index (χ2v) is 15.7. The van der Waals surface area contributed by atoms with Crippen LogP contribution in [0, 0.1) is 0 Å². The van der Waals surface area contributed by atoms with Crippen molar-refractivity contribution in [1.29, 1.82) is 0 Å². The molecule has 2 aliphatic rings. The lowest BCUT2D eigenvalue weighted by Gasteiger charge is -2.31. The summed E-state index contributed by atoms with van der Waals surface area (Å²) in [6.45, 7) is 9.43. The topological polar surface area (TPSA) is 12.5 Å². The van der Waals surface area contributed by atoms with Gasteiger partial charge in [0, 0.05) is 38.7 Å². The largest absolute Gasteiger partial charge is 0.456 e. The Morgan fingerprint density at radius 3 is 1.48 bits per heavy atom. The highest BCUT2D eigenvalue weighted by Gasteiger charge is 2.38. The van der Waals surface area contributed by atoms with Crippen LogP contribution in [0.1, 0.15) is 49.9 Å². The SMILES string of the molecule is CC1(C)c2ccccc2-c2ccc(N(c3ccc4c(c3)C(C)(C)c3ccccc3-4)c3ccccc3-c3ccccc3Oc3cccc4ccccc34)cc21. The molecule has 0 radical (unpaired) electrons. The van der Waals surface area contributed by atoms with Crippen molar-refractivity contribution in [1.82, 2.24) is 0 Å². The minimum Gasteiger partial charge on any atom is -0.456 e. The molecule has 0 heterocycles. The zero-order chi connectivity index (χ0) is 36.6. The molecule has 54 heavy (non-hydrogen) atoms. The molecule has 10 rings (SSSR count). The molecule has 260 valence electrons. The first kappa shape index (κ1) is 32.3. The highest BCUT2D eigenvalue weighted by molar-refractivity contribution is 5.94. The molecule has 0 N–H and O–H groups in total. The molecular formula is C52H41NO. The van der Waals surface area contributed by atoms with Crippen molar-refractivity contribution in [3.63, 3.8) is 0 Å². The molecule has 8 aromatic rings. The smallest absolute Gasteiger partial charge is 0.135 e. The molecule has 0 aromatic heterocycles. The van der Waals surface area contributed by atoms with E-state index in [9.17, 15) is 0 Å². The third kappa shape index (κ3) is 4.87. The maximum absolute atomic E-state index is 6.85. The molecule has 0 amide bonds. The van der Waals surface area contributed by atoms with Gasteiger partial charge in [0.1, 0.15) is 11.5 Å². The first-order valence-corrected chi connectivity index (χ1v) is 18.9. The number of nitrogens with zero attached hydrogens (tertiary/aromatic N) is 1. The summed E-state index contributed by atoms with van der Waals surface area (Å²) in [4.78, 5) is 2.46. The van der Waals surface area contributed by atoms with Crippen molar-refractivity contribution < 1.29 is 4.74 Å². The van der Waals surface area contributed by atoms with Crippen LogP contribution < -0.4 is 9.64 Å². The Balaban J connectivity index is 1.17. The van der Waals surface area contributed by atoms with Gasteiger partial charge in [0.25, 0.3) is 0 Å². The van der Waals surface area contributed by atoms with Gasteiger partial charge in [0.15, 0.2) is 0 Å². The van der Waals surface area contributed by atoms with Crippen LogP contribution in [0.5, 0.6) is 11.5 Å². The third-order valence-electron chi connectivity index (χ3n) is 11.9. The van der Waals surface area contributed by atoms with E-state index in [1.807, 2.05) is 0 Å². The van der Waals surface area contributed by atoms with Gasteiger partial charge in [-0.25, -0.2) is 0 Å². The molecule has 0 unspecified atom stereocenters. The van der Waals surface area contributed by atoms with E-state index >= 15 is 0 Å². The fourth-order valence-electron chi connectivity index (χ4n) is 9.17. The van der Waals surface area contributed by atoms with Crippen molar-refractivity contribution in [2.45, 2.75) is 38.5 Å². The molecule has 0 atom stereocenters. The van der Waals surface area contributed by atoms with E-state index in [1.54, 1.807) is 0 Å². The van der Waals surface area contributed by atoms with Crippen LogP contribution in [0.4, 0.5) is 17.1 Å². The Morgan fingerprint density at radius 1 is 0.370 bits per heavy atom. The number of para-hydroxylation sites is 2. The number of hydrogen-bond acceptors (Lipinski definition) is 2. The van der Waals surface area contributed by atoms with Gasteiger partial charge in [0.05, 0.1) is 5.69 Å². The first-order chi connectivity index (χ1) is 26.3. The van der Waals surface area contributed by atoms with E-state index in [2.05, 4.69) is 209 Å². The van der Waals surface area contributed by atoms with Gasteiger partial charge in [-0.2, -0.15) is 0 Å². The highest BCUT2D eigenvalue weighted by atomic mass is 16.5. The molecule has 2 nitrogen and oxygen atoms in total. The maximum atomic E-state index is 6.85. The summed E-state index contributed by atoms with van der Waals surface area (Å²) in [6, 6.07) is 63.8. The Hall–Kier alpha value is -6.38. The summed E-state index contributed by atoms with van der Waals surface area (Å²) in [5.41, 5.74) is 15.9. The Bertz CT molecular complexity index is 2660. The number of rotatable bonds is 6. The van der Waals surface area contributed by atoms with E-state index in [4.69, 9.17) is 4.74 Å². The zero-order valence-corrected chi connectivity index (χ0v) is 31.1. The molecular weight excluding hydrogens is 655 g/mol. The lowest BCUT2D eigenvalue weighted by molar-refractivity contribution is 0.490. The predicted octanol–water partition coefficient (Wildman–Crippen LogP) is 14.4. The predicted molar refractivity (Wildman–Crippen MR) is 226 cm³/mol. The number of ether oxygens (including phenoxy) is 1. The van der Waals surface area contributed by atoms with Crippen LogP contribution in [0.15, 0.2) is 176 Å². The molecule has 2 heteroatoms. The Labute approximate surface area is 318 Å². The number of fused-ring (bicyclic) bond motifs is 7. The average Bonchev–Trinajstić information content (AvgIpc) is 3.58. The number of benzene rings is 8. The van der Waals surface area contributed by atoms with Crippen molar-refractivity contribution in [2.24, 2.45) is 0 Å². The van der Waals surface area contributed by atoms with Crippen molar-refractivity contribution in [2.75, 3.05) is 4.90 Å². The molecule has 0 spiro atoms. The minimum absolute atomic E-state index is 0.131. The van der Waals surface area contributed by atoms with Crippen LogP contribution in [0.3, 0.4) is 0 Å². The average molecular weight is 696 g/mol. The quantitative estimate of drug-likeness (QED) is 0.172. The maximum Gasteiger partial charge on any atom is 0.135 e. The lowest BCUT2D eigenvalue weighted by atomic mass is 9.82. The van der Waals surface area contributed by atoms with Gasteiger partial charge < -0.3 is 9.64 Å². The zero-order valence-electron chi connectivity index (χ0n) is 31.1. The number of hydrogen-bond donors (Lipinski definition) is 0. The summed E-state index contributed by atoms with van der Waals surface area (Å²) in [5.74, 6) is 1.66. The van der Waals surface area contributed by atoms with E-state index in [1.165, 1.54) is 44.5 Å². The van der Waals surface area contributed by atoms with Crippen LogP contribution in [-0.2, 0) is 10.8 Å². The highest BCUT2D eigenvalue weighted by Crippen LogP contribution is 2.54. The standard InChI is InChI=1S/C52H41NO/c1-51(2)44-23-11-7-19-38(44)40-30-28-35(32-46(40)51)53(36-29-31-41-39-20-8-12-24-45(39)52(3,4)47(41)33-36)48-25-13-9-21-42(48)43-22-10-14-26-50(43)54-49-27-15-17-34-16-5-6-18-37(34)49/h5-33H,1-4H3. The van der Waals surface area contributed by atoms with Crippen LogP contribution in [0.25, 0.3) is 44.2 Å². The summed E-state index contributed by atoms with van der Waals surface area (Å²) in [7, 11) is 0. The summed E-state index contributed by atoms with van der Waals surface area (Å²) < 4.78 is 6.85. The van der Waals surface area contributed by atoms with Crippen molar-refractivity contribution >= 4 is 27.8 Å². The van der Waals surface area contributed by atoms with Gasteiger partial charge >= 0.3 is 0 Å². The second-order valence-electron chi connectivity index (χ2n) is 15.7. The van der Waals surface area contributed by atoms with Gasteiger partial charge in [-0.05, 0) is 92.4 Å². The Kier molecular flexibility index (Phi) is 7.22. The van der Waals surface area contributed by atoms with Crippen molar-refractivity contribution in [3.8, 4) is 44.9 Å². The van der Waals surface area contributed by atoms with E-state index in [0.29, 0.717) is 0 Å². The first-order valence-electron chi connectivity index (χ1n) is 18.9. The summed E-state index contributed by atoms with van der Waals surface area (Å²) in [5, 5.41) is 2.25. The summed E-state index contributed by atoms with van der Waals surface area (Å²) in [6.07, 6.45) is 0. The molecule has 0 bridgehead atoms. The van der Waals surface area contributed by atoms with E-state index in [-0.39, 0.29) is 10.8 Å².